The smallest absolute Gasteiger partial charge is 0.130 e. The maximum Gasteiger partial charge on any atom is 0.130 e. The highest BCUT2D eigenvalue weighted by Crippen LogP contribution is 2.31. The molecule has 1 aliphatic heterocycles. The van der Waals surface area contributed by atoms with E-state index in [2.05, 4.69) is 49.4 Å². The van der Waals surface area contributed by atoms with Crippen LogP contribution in [-0.4, -0.2) is 28.9 Å². The molecule has 2 heterocycles. The van der Waals surface area contributed by atoms with Crippen molar-refractivity contribution < 1.29 is 0 Å². The molecule has 0 saturated carbocycles. The topological polar surface area (TPSA) is 47.1 Å². The predicted octanol–water partition coefficient (Wildman–Crippen LogP) is 2.88. The summed E-state index contributed by atoms with van der Waals surface area (Å²) in [5, 5.41) is 4.65. The van der Waals surface area contributed by atoms with E-state index in [0.29, 0.717) is 0 Å². The first kappa shape index (κ1) is 16.3. The lowest BCUT2D eigenvalue weighted by molar-refractivity contribution is 0.309. The van der Waals surface area contributed by atoms with E-state index < -0.39 is 0 Å². The Kier molecular flexibility index (Phi) is 5.31. The van der Waals surface area contributed by atoms with Crippen molar-refractivity contribution >= 4 is 5.82 Å². The van der Waals surface area contributed by atoms with Crippen LogP contribution >= 0.6 is 0 Å². The molecule has 2 N–H and O–H groups in total. The van der Waals surface area contributed by atoms with Gasteiger partial charge in [0.25, 0.3) is 0 Å². The number of piperidine rings is 1. The van der Waals surface area contributed by atoms with E-state index in [1.54, 1.807) is 0 Å². The van der Waals surface area contributed by atoms with Crippen LogP contribution in [0.3, 0.4) is 0 Å². The zero-order valence-corrected chi connectivity index (χ0v) is 14.4. The third-order valence-corrected chi connectivity index (χ3v) is 5.09. The lowest BCUT2D eigenvalue weighted by atomic mass is 9.86. The molecule has 4 heteroatoms. The Hall–Kier alpha value is -1.03. The standard InChI is InChI=1S/C17H32N4/c1-6-15(18)11-16-13(4)19-20(5)17(16)21-9-7-14(8-10-21)12(2)3/h12,14-15H,6-11,18H2,1-5H3. The number of aromatic nitrogens is 2. The Bertz CT molecular complexity index is 456. The fraction of sp³-hybridized carbons (Fsp3) is 0.824. The zero-order valence-electron chi connectivity index (χ0n) is 14.4. The summed E-state index contributed by atoms with van der Waals surface area (Å²) in [6, 6.07) is 0.236. The van der Waals surface area contributed by atoms with Gasteiger partial charge >= 0.3 is 0 Å². The van der Waals surface area contributed by atoms with Crippen LogP contribution < -0.4 is 10.6 Å². The quantitative estimate of drug-likeness (QED) is 0.907. The Labute approximate surface area is 129 Å². The molecule has 1 saturated heterocycles. The normalized spacial score (nSPS) is 18.5. The van der Waals surface area contributed by atoms with Gasteiger partial charge in [0, 0.05) is 31.7 Å². The Morgan fingerprint density at radius 3 is 2.43 bits per heavy atom. The summed E-state index contributed by atoms with van der Waals surface area (Å²) in [5.41, 5.74) is 8.69. The molecule has 1 aromatic heterocycles. The number of hydrogen-bond acceptors (Lipinski definition) is 3. The molecule has 1 aromatic rings. The van der Waals surface area contributed by atoms with Gasteiger partial charge in [-0.05, 0) is 44.4 Å². The van der Waals surface area contributed by atoms with Crippen LogP contribution in [0.5, 0.6) is 0 Å². The van der Waals surface area contributed by atoms with Crippen molar-refractivity contribution in [2.24, 2.45) is 24.6 Å². The maximum absolute atomic E-state index is 6.19. The van der Waals surface area contributed by atoms with E-state index in [1.807, 2.05) is 0 Å². The van der Waals surface area contributed by atoms with Crippen LogP contribution in [0.4, 0.5) is 5.82 Å². The van der Waals surface area contributed by atoms with Crippen LogP contribution in [-0.2, 0) is 13.5 Å². The van der Waals surface area contributed by atoms with Crippen molar-refractivity contribution in [2.45, 2.75) is 59.4 Å². The largest absolute Gasteiger partial charge is 0.357 e. The van der Waals surface area contributed by atoms with Crippen molar-refractivity contribution in [3.63, 3.8) is 0 Å². The average Bonchev–Trinajstić information content (AvgIpc) is 2.73. The second-order valence-corrected chi connectivity index (χ2v) is 6.95. The van der Waals surface area contributed by atoms with E-state index in [9.17, 15) is 0 Å². The molecule has 120 valence electrons. The van der Waals surface area contributed by atoms with Crippen molar-refractivity contribution in [3.8, 4) is 0 Å². The molecule has 4 nitrogen and oxygen atoms in total. The molecule has 0 spiro atoms. The zero-order chi connectivity index (χ0) is 15.6. The minimum atomic E-state index is 0.236. The molecule has 0 aliphatic carbocycles. The van der Waals surface area contributed by atoms with Gasteiger partial charge in [-0.2, -0.15) is 5.10 Å². The number of aryl methyl sites for hydroxylation is 2. The molecular formula is C17H32N4. The van der Waals surface area contributed by atoms with Crippen molar-refractivity contribution in [2.75, 3.05) is 18.0 Å². The third kappa shape index (κ3) is 3.60. The molecule has 1 unspecified atom stereocenters. The van der Waals surface area contributed by atoms with Crippen molar-refractivity contribution in [1.82, 2.24) is 9.78 Å². The van der Waals surface area contributed by atoms with Gasteiger partial charge < -0.3 is 10.6 Å². The van der Waals surface area contributed by atoms with Gasteiger partial charge in [0.1, 0.15) is 5.82 Å². The highest BCUT2D eigenvalue weighted by molar-refractivity contribution is 5.51. The maximum atomic E-state index is 6.19. The second-order valence-electron chi connectivity index (χ2n) is 6.95. The fourth-order valence-electron chi connectivity index (χ4n) is 3.51. The third-order valence-electron chi connectivity index (χ3n) is 5.09. The van der Waals surface area contributed by atoms with Crippen LogP contribution in [0.25, 0.3) is 0 Å². The number of anilines is 1. The molecule has 1 fully saturated rings. The molecule has 1 aliphatic rings. The molecular weight excluding hydrogens is 260 g/mol. The van der Waals surface area contributed by atoms with E-state index in [0.717, 1.165) is 43.5 Å². The van der Waals surface area contributed by atoms with Gasteiger partial charge in [0.15, 0.2) is 0 Å². The minimum absolute atomic E-state index is 0.236. The number of nitrogens with zero attached hydrogens (tertiary/aromatic N) is 3. The SMILES string of the molecule is CCC(N)Cc1c(C)nn(C)c1N1CCC(C(C)C)CC1. The van der Waals surface area contributed by atoms with E-state index in [-0.39, 0.29) is 6.04 Å². The summed E-state index contributed by atoms with van der Waals surface area (Å²) >= 11 is 0. The Morgan fingerprint density at radius 2 is 1.90 bits per heavy atom. The van der Waals surface area contributed by atoms with Crippen molar-refractivity contribution in [3.05, 3.63) is 11.3 Å². The first-order valence-corrected chi connectivity index (χ1v) is 8.47. The summed E-state index contributed by atoms with van der Waals surface area (Å²) < 4.78 is 2.06. The number of rotatable bonds is 5. The summed E-state index contributed by atoms with van der Waals surface area (Å²) in [6.45, 7) is 11.3. The number of nitrogens with two attached hydrogens (primary N) is 1. The van der Waals surface area contributed by atoms with Gasteiger partial charge in [-0.25, -0.2) is 0 Å². The van der Waals surface area contributed by atoms with Crippen LogP contribution in [0.2, 0.25) is 0 Å². The average molecular weight is 292 g/mol. The Morgan fingerprint density at radius 1 is 1.29 bits per heavy atom. The highest BCUT2D eigenvalue weighted by Gasteiger charge is 2.26. The van der Waals surface area contributed by atoms with Gasteiger partial charge in [-0.3, -0.25) is 4.68 Å². The molecule has 0 amide bonds. The van der Waals surface area contributed by atoms with Gasteiger partial charge in [-0.1, -0.05) is 20.8 Å². The van der Waals surface area contributed by atoms with E-state index in [1.165, 1.54) is 24.2 Å². The summed E-state index contributed by atoms with van der Waals surface area (Å²) in [5.74, 6) is 2.98. The van der Waals surface area contributed by atoms with Crippen LogP contribution in [0.15, 0.2) is 0 Å². The summed E-state index contributed by atoms with van der Waals surface area (Å²) in [7, 11) is 2.07. The first-order chi connectivity index (χ1) is 9.93. The Balaban J connectivity index is 2.16. The molecule has 1 atom stereocenters. The molecule has 0 aromatic carbocycles. The predicted molar refractivity (Wildman–Crippen MR) is 89.7 cm³/mol. The van der Waals surface area contributed by atoms with Gasteiger partial charge in [0.2, 0.25) is 0 Å². The molecule has 21 heavy (non-hydrogen) atoms. The first-order valence-electron chi connectivity index (χ1n) is 8.47. The van der Waals surface area contributed by atoms with E-state index in [4.69, 9.17) is 5.73 Å². The summed E-state index contributed by atoms with van der Waals surface area (Å²) in [6.07, 6.45) is 4.54. The molecule has 0 bridgehead atoms. The van der Waals surface area contributed by atoms with Crippen LogP contribution in [0.1, 0.15) is 51.3 Å². The molecule has 0 radical (unpaired) electrons. The number of hydrogen-bond donors (Lipinski definition) is 1. The lowest BCUT2D eigenvalue weighted by Crippen LogP contribution is -2.37. The monoisotopic (exact) mass is 292 g/mol. The van der Waals surface area contributed by atoms with Crippen molar-refractivity contribution in [1.29, 1.82) is 0 Å². The minimum Gasteiger partial charge on any atom is -0.357 e. The van der Waals surface area contributed by atoms with E-state index >= 15 is 0 Å². The highest BCUT2D eigenvalue weighted by atomic mass is 15.4. The van der Waals surface area contributed by atoms with Gasteiger partial charge in [0.05, 0.1) is 5.69 Å². The fourth-order valence-corrected chi connectivity index (χ4v) is 3.51. The van der Waals surface area contributed by atoms with Gasteiger partial charge in [-0.15, -0.1) is 0 Å². The lowest BCUT2D eigenvalue weighted by Gasteiger charge is -2.35. The summed E-state index contributed by atoms with van der Waals surface area (Å²) in [4.78, 5) is 2.52. The van der Waals surface area contributed by atoms with Crippen LogP contribution in [0, 0.1) is 18.8 Å². The second kappa shape index (κ2) is 6.82. The molecule has 2 rings (SSSR count).